The smallest absolute Gasteiger partial charge is 0.341 e. The second-order valence-electron chi connectivity index (χ2n) is 4.83. The van der Waals surface area contributed by atoms with E-state index in [9.17, 15) is 4.79 Å². The van der Waals surface area contributed by atoms with Crippen molar-refractivity contribution in [1.82, 2.24) is 19.2 Å². The van der Waals surface area contributed by atoms with Gasteiger partial charge in [0.1, 0.15) is 0 Å². The number of rotatable bonds is 1. The van der Waals surface area contributed by atoms with Crippen LogP contribution in [0.3, 0.4) is 0 Å². The predicted molar refractivity (Wildman–Crippen MR) is 85.5 cm³/mol. The Balaban J connectivity index is 2.30. The lowest BCUT2D eigenvalue weighted by atomic mass is 10.2. The van der Waals surface area contributed by atoms with Crippen molar-refractivity contribution in [2.45, 2.75) is 0 Å². The van der Waals surface area contributed by atoms with Crippen molar-refractivity contribution < 1.29 is 0 Å². The van der Waals surface area contributed by atoms with Crippen LogP contribution in [0, 0.1) is 0 Å². The van der Waals surface area contributed by atoms with Crippen LogP contribution < -0.4 is 11.4 Å². The van der Waals surface area contributed by atoms with Crippen molar-refractivity contribution >= 4 is 34.1 Å². The summed E-state index contributed by atoms with van der Waals surface area (Å²) in [5, 5.41) is 9.09. The summed E-state index contributed by atoms with van der Waals surface area (Å²) in [6, 6.07) is 14.6. The highest BCUT2D eigenvalue weighted by atomic mass is 35.5. The largest absolute Gasteiger partial charge is 0.367 e. The Morgan fingerprint density at radius 3 is 2.59 bits per heavy atom. The number of anilines is 1. The number of para-hydroxylation sites is 1. The van der Waals surface area contributed by atoms with Gasteiger partial charge in [0.15, 0.2) is 5.65 Å². The maximum absolute atomic E-state index is 12.9. The molecule has 4 aromatic rings. The van der Waals surface area contributed by atoms with E-state index in [2.05, 4.69) is 10.2 Å². The third-order valence-corrected chi connectivity index (χ3v) is 3.76. The number of benzene rings is 2. The summed E-state index contributed by atoms with van der Waals surface area (Å²) in [7, 11) is 0. The predicted octanol–water partition coefficient (Wildman–Crippen LogP) is 2.27. The molecule has 0 atom stereocenters. The molecular formula is C15H10ClN5O. The highest BCUT2D eigenvalue weighted by molar-refractivity contribution is 6.31. The van der Waals surface area contributed by atoms with Crippen LogP contribution in [0.5, 0.6) is 0 Å². The fourth-order valence-electron chi connectivity index (χ4n) is 2.57. The van der Waals surface area contributed by atoms with Gasteiger partial charge in [-0.05, 0) is 30.3 Å². The van der Waals surface area contributed by atoms with Crippen molar-refractivity contribution in [2.24, 2.45) is 0 Å². The third kappa shape index (κ3) is 1.71. The highest BCUT2D eigenvalue weighted by Crippen LogP contribution is 2.24. The molecule has 0 radical (unpaired) electrons. The van der Waals surface area contributed by atoms with Gasteiger partial charge in [-0.3, -0.25) is 4.57 Å². The normalized spacial score (nSPS) is 11.3. The highest BCUT2D eigenvalue weighted by Gasteiger charge is 2.16. The number of aromatic nitrogens is 4. The monoisotopic (exact) mass is 311 g/mol. The fraction of sp³-hybridized carbons (Fsp3) is 0. The number of halogens is 1. The van der Waals surface area contributed by atoms with Crippen LogP contribution >= 0.6 is 11.6 Å². The van der Waals surface area contributed by atoms with E-state index >= 15 is 0 Å². The molecule has 0 amide bonds. The number of nitrogens with two attached hydrogens (primary N) is 1. The van der Waals surface area contributed by atoms with Gasteiger partial charge in [-0.2, -0.15) is 0 Å². The Hall–Kier alpha value is -2.86. The first-order valence-corrected chi connectivity index (χ1v) is 6.95. The van der Waals surface area contributed by atoms with Gasteiger partial charge in [0, 0.05) is 10.4 Å². The van der Waals surface area contributed by atoms with E-state index in [1.165, 1.54) is 4.40 Å². The second-order valence-corrected chi connectivity index (χ2v) is 5.27. The molecule has 0 unspecified atom stereocenters. The minimum Gasteiger partial charge on any atom is -0.367 e. The first-order valence-electron chi connectivity index (χ1n) is 6.57. The molecule has 7 heteroatoms. The topological polar surface area (TPSA) is 78.2 Å². The molecule has 0 spiro atoms. The molecule has 0 aliphatic heterocycles. The lowest BCUT2D eigenvalue weighted by Crippen LogP contribution is -2.26. The van der Waals surface area contributed by atoms with Gasteiger partial charge in [-0.1, -0.05) is 29.8 Å². The van der Waals surface area contributed by atoms with E-state index in [1.54, 1.807) is 22.8 Å². The van der Waals surface area contributed by atoms with Crippen molar-refractivity contribution in [3.05, 3.63) is 64.0 Å². The molecule has 6 nitrogen and oxygen atoms in total. The fourth-order valence-corrected chi connectivity index (χ4v) is 2.73. The summed E-state index contributed by atoms with van der Waals surface area (Å²) in [4.78, 5) is 12.9. The summed E-state index contributed by atoms with van der Waals surface area (Å²) in [5.74, 6) is 0.0570. The van der Waals surface area contributed by atoms with Crippen molar-refractivity contribution in [1.29, 1.82) is 0 Å². The molecule has 2 N–H and O–H groups in total. The molecule has 0 saturated heterocycles. The summed E-state index contributed by atoms with van der Waals surface area (Å²) in [5.41, 5.74) is 7.25. The maximum Gasteiger partial charge on any atom is 0.341 e. The van der Waals surface area contributed by atoms with Crippen LogP contribution in [0.4, 0.5) is 5.95 Å². The van der Waals surface area contributed by atoms with Crippen LogP contribution in [0.2, 0.25) is 5.02 Å². The number of hydrogen-bond acceptors (Lipinski definition) is 4. The van der Waals surface area contributed by atoms with Gasteiger partial charge in [-0.25, -0.2) is 9.20 Å². The molecule has 2 heterocycles. The van der Waals surface area contributed by atoms with Crippen LogP contribution in [-0.2, 0) is 0 Å². The summed E-state index contributed by atoms with van der Waals surface area (Å²) >= 11 is 6.10. The Labute approximate surface area is 129 Å². The van der Waals surface area contributed by atoms with Crippen LogP contribution in [-0.4, -0.2) is 19.2 Å². The number of nitrogen functional groups attached to an aromatic ring is 1. The van der Waals surface area contributed by atoms with Crippen molar-refractivity contribution in [2.75, 3.05) is 5.73 Å². The van der Waals surface area contributed by atoms with Gasteiger partial charge in [0.25, 0.3) is 0 Å². The molecule has 0 saturated carbocycles. The number of fused-ring (bicyclic) bond motifs is 3. The lowest BCUT2D eigenvalue weighted by molar-refractivity contribution is 0.919. The molecular weight excluding hydrogens is 302 g/mol. The average molecular weight is 312 g/mol. The zero-order chi connectivity index (χ0) is 15.3. The van der Waals surface area contributed by atoms with E-state index in [0.717, 1.165) is 11.1 Å². The zero-order valence-corrected chi connectivity index (χ0v) is 12.0. The van der Waals surface area contributed by atoms with Crippen LogP contribution in [0.25, 0.3) is 22.2 Å². The minimum atomic E-state index is -0.335. The molecule has 4 rings (SSSR count). The van der Waals surface area contributed by atoms with Gasteiger partial charge < -0.3 is 5.73 Å². The molecule has 0 bridgehead atoms. The molecule has 0 fully saturated rings. The van der Waals surface area contributed by atoms with Gasteiger partial charge in [0.2, 0.25) is 5.95 Å². The van der Waals surface area contributed by atoms with E-state index < -0.39 is 0 Å². The molecule has 0 aliphatic carbocycles. The van der Waals surface area contributed by atoms with Gasteiger partial charge >= 0.3 is 5.69 Å². The first kappa shape index (κ1) is 12.8. The van der Waals surface area contributed by atoms with E-state index in [4.69, 9.17) is 17.3 Å². The second kappa shape index (κ2) is 4.57. The molecule has 22 heavy (non-hydrogen) atoms. The summed E-state index contributed by atoms with van der Waals surface area (Å²) in [6.07, 6.45) is 0. The lowest BCUT2D eigenvalue weighted by Gasteiger charge is -2.11. The van der Waals surface area contributed by atoms with Crippen LogP contribution in [0.1, 0.15) is 0 Å². The number of nitrogens with zero attached hydrogens (tertiary/aromatic N) is 4. The van der Waals surface area contributed by atoms with Gasteiger partial charge in [-0.15, -0.1) is 10.2 Å². The van der Waals surface area contributed by atoms with Gasteiger partial charge in [0.05, 0.1) is 11.2 Å². The minimum absolute atomic E-state index is 0.0570. The first-order chi connectivity index (χ1) is 10.7. The molecule has 108 valence electrons. The van der Waals surface area contributed by atoms with Crippen LogP contribution in [0.15, 0.2) is 53.3 Å². The van der Waals surface area contributed by atoms with E-state index in [-0.39, 0.29) is 11.6 Å². The quantitative estimate of drug-likeness (QED) is 0.585. The average Bonchev–Trinajstić information content (AvgIpc) is 2.91. The standard InChI is InChI=1S/C15H10ClN5O/c16-9-6-7-11-12(8-9)20(10-4-2-1-3-5-10)15(22)21-13(11)18-19-14(21)17/h1-8H,(H2,17,19). The van der Waals surface area contributed by atoms with E-state index in [1.807, 2.05) is 30.3 Å². The molecule has 2 aromatic heterocycles. The Bertz CT molecular complexity index is 1070. The summed E-state index contributed by atoms with van der Waals surface area (Å²) in [6.45, 7) is 0. The third-order valence-electron chi connectivity index (χ3n) is 3.53. The Morgan fingerprint density at radius 2 is 1.82 bits per heavy atom. The summed E-state index contributed by atoms with van der Waals surface area (Å²) < 4.78 is 2.84. The molecule has 0 aliphatic rings. The Morgan fingerprint density at radius 1 is 1.05 bits per heavy atom. The Kier molecular flexibility index (Phi) is 2.67. The zero-order valence-electron chi connectivity index (χ0n) is 11.3. The van der Waals surface area contributed by atoms with Crippen molar-refractivity contribution in [3.8, 4) is 5.69 Å². The number of hydrogen-bond donors (Lipinski definition) is 1. The van der Waals surface area contributed by atoms with E-state index in [0.29, 0.717) is 16.2 Å². The van der Waals surface area contributed by atoms with Crippen molar-refractivity contribution in [3.63, 3.8) is 0 Å². The maximum atomic E-state index is 12.9. The molecule has 2 aromatic carbocycles. The SMILES string of the molecule is Nc1nnc2c3ccc(Cl)cc3n(-c3ccccc3)c(=O)n12.